The molecule has 0 aromatic heterocycles. The van der Waals surface area contributed by atoms with Crippen molar-refractivity contribution in [1.29, 1.82) is 0 Å². The van der Waals surface area contributed by atoms with Gasteiger partial charge in [0.25, 0.3) is 5.92 Å². The van der Waals surface area contributed by atoms with Gasteiger partial charge in [0, 0.05) is 23.6 Å². The van der Waals surface area contributed by atoms with Crippen LogP contribution in [0.25, 0.3) is 0 Å². The highest BCUT2D eigenvalue weighted by atomic mass is 35.5. The molecular formula is C6H6ClF2. The Morgan fingerprint density at radius 2 is 2.00 bits per heavy atom. The van der Waals surface area contributed by atoms with Gasteiger partial charge >= 0.3 is 0 Å². The van der Waals surface area contributed by atoms with E-state index in [9.17, 15) is 8.78 Å². The van der Waals surface area contributed by atoms with Crippen LogP contribution in [0.2, 0.25) is 0 Å². The fourth-order valence-electron chi connectivity index (χ4n) is 1.12. The van der Waals surface area contributed by atoms with Crippen molar-refractivity contribution in [2.24, 2.45) is 5.92 Å². The van der Waals surface area contributed by atoms with Crippen molar-refractivity contribution < 1.29 is 8.78 Å². The highest BCUT2D eigenvalue weighted by Gasteiger charge is 2.65. The van der Waals surface area contributed by atoms with Crippen LogP contribution in [-0.2, 0) is 0 Å². The first-order valence-electron chi connectivity index (χ1n) is 2.99. The molecule has 0 N–H and O–H groups in total. The number of halogens is 3. The molecular weight excluding hydrogens is 146 g/mol. The summed E-state index contributed by atoms with van der Waals surface area (Å²) in [6.45, 7) is 0. The molecule has 0 heterocycles. The van der Waals surface area contributed by atoms with Crippen molar-refractivity contribution in [3.05, 3.63) is 5.92 Å². The molecule has 0 aliphatic heterocycles. The number of rotatable bonds is 1. The summed E-state index contributed by atoms with van der Waals surface area (Å²) in [7, 11) is 0. The Morgan fingerprint density at radius 1 is 1.56 bits per heavy atom. The van der Waals surface area contributed by atoms with Crippen molar-refractivity contribution in [2.45, 2.75) is 24.1 Å². The first-order chi connectivity index (χ1) is 4.11. The van der Waals surface area contributed by atoms with Crippen molar-refractivity contribution in [1.82, 2.24) is 0 Å². The maximum absolute atomic E-state index is 12.2. The van der Waals surface area contributed by atoms with Crippen molar-refractivity contribution in [3.63, 3.8) is 0 Å². The SMILES string of the molecule is FC1(F)CC1[C]1CC1Cl. The second-order valence-corrected chi connectivity index (χ2v) is 3.29. The third kappa shape index (κ3) is 0.841. The van der Waals surface area contributed by atoms with Gasteiger partial charge in [0.1, 0.15) is 0 Å². The maximum atomic E-state index is 12.2. The van der Waals surface area contributed by atoms with Crippen LogP contribution in [0.15, 0.2) is 0 Å². The summed E-state index contributed by atoms with van der Waals surface area (Å²) < 4.78 is 24.4. The van der Waals surface area contributed by atoms with E-state index >= 15 is 0 Å². The molecule has 3 heteroatoms. The third-order valence-corrected chi connectivity index (χ3v) is 2.37. The molecule has 51 valence electrons. The minimum absolute atomic E-state index is 0.0247. The largest absolute Gasteiger partial charge is 0.252 e. The van der Waals surface area contributed by atoms with Gasteiger partial charge < -0.3 is 0 Å². The molecule has 0 bridgehead atoms. The van der Waals surface area contributed by atoms with Crippen LogP contribution in [-0.4, -0.2) is 11.3 Å². The van der Waals surface area contributed by atoms with E-state index in [1.807, 2.05) is 0 Å². The summed E-state index contributed by atoms with van der Waals surface area (Å²) in [6, 6.07) is 0. The summed E-state index contributed by atoms with van der Waals surface area (Å²) in [6.07, 6.45) is 0.771. The van der Waals surface area contributed by atoms with Gasteiger partial charge in [0.2, 0.25) is 0 Å². The van der Waals surface area contributed by atoms with Gasteiger partial charge in [-0.2, -0.15) is 0 Å². The molecule has 0 amide bonds. The van der Waals surface area contributed by atoms with E-state index in [0.29, 0.717) is 0 Å². The highest BCUT2D eigenvalue weighted by Crippen LogP contribution is 2.62. The summed E-state index contributed by atoms with van der Waals surface area (Å²) in [5.41, 5.74) is 0. The van der Waals surface area contributed by atoms with Gasteiger partial charge in [-0.15, -0.1) is 11.6 Å². The zero-order chi connectivity index (χ0) is 6.65. The normalized spacial score (nSPS) is 47.0. The lowest BCUT2D eigenvalue weighted by molar-refractivity contribution is 0.104. The summed E-state index contributed by atoms with van der Waals surface area (Å²) in [5.74, 6) is -1.96. The van der Waals surface area contributed by atoms with Crippen LogP contribution in [0.1, 0.15) is 12.8 Å². The van der Waals surface area contributed by atoms with Gasteiger partial charge in [0.05, 0.1) is 0 Å². The van der Waals surface area contributed by atoms with Crippen LogP contribution in [0.4, 0.5) is 8.78 Å². The van der Waals surface area contributed by atoms with Crippen LogP contribution in [0.5, 0.6) is 0 Å². The molecule has 2 saturated carbocycles. The zero-order valence-electron chi connectivity index (χ0n) is 4.70. The monoisotopic (exact) mass is 151 g/mol. The number of hydrogen-bond donors (Lipinski definition) is 0. The highest BCUT2D eigenvalue weighted by molar-refractivity contribution is 6.24. The minimum Gasteiger partial charge on any atom is -0.207 e. The van der Waals surface area contributed by atoms with Crippen molar-refractivity contribution >= 4 is 11.6 Å². The lowest BCUT2D eigenvalue weighted by atomic mass is 10.3. The second kappa shape index (κ2) is 1.42. The van der Waals surface area contributed by atoms with E-state index in [-0.39, 0.29) is 11.8 Å². The molecule has 2 atom stereocenters. The molecule has 0 spiro atoms. The Hall–Kier alpha value is 0.150. The molecule has 9 heavy (non-hydrogen) atoms. The molecule has 1 radical (unpaired) electrons. The average molecular weight is 152 g/mol. The molecule has 2 aliphatic carbocycles. The standard InChI is InChI=1S/C6H6ClF2/c7-5-1-3(5)4-2-6(4,8)9/h4-5H,1-2H2. The Labute approximate surface area is 57.2 Å². The van der Waals surface area contributed by atoms with E-state index in [1.165, 1.54) is 0 Å². The number of alkyl halides is 3. The Bertz CT molecular complexity index is 146. The summed E-state index contributed by atoms with van der Waals surface area (Å²) in [5, 5.41) is -0.0247. The smallest absolute Gasteiger partial charge is 0.207 e. The Morgan fingerprint density at radius 3 is 2.11 bits per heavy atom. The minimum atomic E-state index is -2.39. The maximum Gasteiger partial charge on any atom is 0.252 e. The van der Waals surface area contributed by atoms with E-state index in [4.69, 9.17) is 11.6 Å². The van der Waals surface area contributed by atoms with E-state index < -0.39 is 11.8 Å². The van der Waals surface area contributed by atoms with Crippen LogP contribution in [0, 0.1) is 11.8 Å². The zero-order valence-corrected chi connectivity index (χ0v) is 5.46. The van der Waals surface area contributed by atoms with Crippen LogP contribution in [0.3, 0.4) is 0 Å². The number of hydrogen-bond acceptors (Lipinski definition) is 0. The van der Waals surface area contributed by atoms with Crippen molar-refractivity contribution in [2.75, 3.05) is 0 Å². The first-order valence-corrected chi connectivity index (χ1v) is 3.42. The molecule has 2 rings (SSSR count). The fraction of sp³-hybridized carbons (Fsp3) is 0.833. The van der Waals surface area contributed by atoms with Gasteiger partial charge in [0.15, 0.2) is 0 Å². The third-order valence-electron chi connectivity index (χ3n) is 1.93. The Kier molecular flexibility index (Phi) is 0.929. The lowest BCUT2D eigenvalue weighted by Crippen LogP contribution is -1.94. The molecule has 0 aromatic carbocycles. The van der Waals surface area contributed by atoms with Crippen LogP contribution < -0.4 is 0 Å². The Balaban J connectivity index is 1.92. The van der Waals surface area contributed by atoms with Crippen LogP contribution >= 0.6 is 11.6 Å². The first kappa shape index (κ1) is 5.90. The molecule has 0 nitrogen and oxygen atoms in total. The topological polar surface area (TPSA) is 0 Å². The van der Waals surface area contributed by atoms with Crippen molar-refractivity contribution in [3.8, 4) is 0 Å². The van der Waals surface area contributed by atoms with E-state index in [1.54, 1.807) is 0 Å². The molecule has 2 unspecified atom stereocenters. The molecule has 0 saturated heterocycles. The predicted octanol–water partition coefficient (Wildman–Crippen LogP) is 2.23. The fourth-order valence-corrected chi connectivity index (χ4v) is 1.45. The quantitative estimate of drug-likeness (QED) is 0.504. The predicted molar refractivity (Wildman–Crippen MR) is 30.6 cm³/mol. The average Bonchev–Trinajstić information content (AvgIpc) is 2.50. The van der Waals surface area contributed by atoms with E-state index in [2.05, 4.69) is 0 Å². The summed E-state index contributed by atoms with van der Waals surface area (Å²) >= 11 is 5.54. The van der Waals surface area contributed by atoms with E-state index in [0.717, 1.165) is 12.3 Å². The molecule has 2 fully saturated rings. The van der Waals surface area contributed by atoms with Gasteiger partial charge in [-0.3, -0.25) is 0 Å². The van der Waals surface area contributed by atoms with Gasteiger partial charge in [-0.1, -0.05) is 0 Å². The molecule has 2 aliphatic rings. The summed E-state index contributed by atoms with van der Waals surface area (Å²) in [4.78, 5) is 0. The lowest BCUT2D eigenvalue weighted by Gasteiger charge is -1.90. The second-order valence-electron chi connectivity index (χ2n) is 2.76. The van der Waals surface area contributed by atoms with Gasteiger partial charge in [-0.05, 0) is 6.42 Å². The van der Waals surface area contributed by atoms with Gasteiger partial charge in [-0.25, -0.2) is 8.78 Å². The molecule has 0 aromatic rings.